The Hall–Kier alpha value is -1.66. The number of furan rings is 1. The number of fused-ring (bicyclic) bond motifs is 3. The number of benzene rings is 1. The molecule has 1 saturated heterocycles. The molecular formula is C16H16BrN3O2. The van der Waals surface area contributed by atoms with E-state index < -0.39 is 0 Å². The summed E-state index contributed by atoms with van der Waals surface area (Å²) < 4.78 is 6.59. The maximum absolute atomic E-state index is 12.3. The lowest BCUT2D eigenvalue weighted by molar-refractivity contribution is 0.370. The van der Waals surface area contributed by atoms with Gasteiger partial charge in [0.05, 0.1) is 0 Å². The number of aromatic amines is 1. The Labute approximate surface area is 135 Å². The Kier molecular flexibility index (Phi) is 3.50. The smallest absolute Gasteiger partial charge is 0.294 e. The molecule has 1 aliphatic heterocycles. The molecule has 0 spiro atoms. The van der Waals surface area contributed by atoms with Gasteiger partial charge in [-0.3, -0.25) is 4.79 Å². The molecular weight excluding hydrogens is 346 g/mol. The van der Waals surface area contributed by atoms with E-state index >= 15 is 0 Å². The van der Waals surface area contributed by atoms with Gasteiger partial charge in [0, 0.05) is 16.3 Å². The molecule has 1 unspecified atom stereocenters. The van der Waals surface area contributed by atoms with Crippen LogP contribution in [0.2, 0.25) is 0 Å². The van der Waals surface area contributed by atoms with Gasteiger partial charge in [0.2, 0.25) is 5.58 Å². The molecule has 6 heteroatoms. The van der Waals surface area contributed by atoms with E-state index in [-0.39, 0.29) is 5.56 Å². The number of H-pyrrole nitrogens is 1. The summed E-state index contributed by atoms with van der Waals surface area (Å²) in [5.41, 5.74) is 1.45. The quantitative estimate of drug-likeness (QED) is 0.735. The second-order valence-corrected chi connectivity index (χ2v) is 6.77. The van der Waals surface area contributed by atoms with E-state index in [0.717, 1.165) is 35.2 Å². The first-order valence-electron chi connectivity index (χ1n) is 7.52. The van der Waals surface area contributed by atoms with Gasteiger partial charge in [-0.15, -0.1) is 0 Å². The number of piperidine rings is 1. The monoisotopic (exact) mass is 361 g/mol. The normalized spacial score (nSPS) is 19.0. The highest BCUT2D eigenvalue weighted by atomic mass is 79.9. The van der Waals surface area contributed by atoms with Crippen molar-refractivity contribution in [3.63, 3.8) is 0 Å². The minimum absolute atomic E-state index is 0.198. The van der Waals surface area contributed by atoms with Gasteiger partial charge in [0.25, 0.3) is 5.56 Å². The van der Waals surface area contributed by atoms with Crippen LogP contribution in [0.5, 0.6) is 0 Å². The number of rotatable bonds is 2. The van der Waals surface area contributed by atoms with Crippen LogP contribution in [0.15, 0.2) is 31.9 Å². The Morgan fingerprint density at radius 1 is 1.41 bits per heavy atom. The SMILES string of the molecule is O=c1[nH]c(CC2CCCNC2)nc2c1oc1ccc(Br)cc12. The van der Waals surface area contributed by atoms with Crippen molar-refractivity contribution in [3.8, 4) is 0 Å². The third-order valence-corrected chi connectivity index (χ3v) is 4.71. The predicted molar refractivity (Wildman–Crippen MR) is 89.1 cm³/mol. The summed E-state index contributed by atoms with van der Waals surface area (Å²) in [6.45, 7) is 2.07. The van der Waals surface area contributed by atoms with Gasteiger partial charge in [-0.05, 0) is 50.0 Å². The average Bonchev–Trinajstić information content (AvgIpc) is 2.87. The molecule has 1 atom stereocenters. The van der Waals surface area contributed by atoms with Crippen molar-refractivity contribution in [1.82, 2.24) is 15.3 Å². The maximum atomic E-state index is 12.3. The molecule has 0 bridgehead atoms. The molecule has 2 N–H and O–H groups in total. The second-order valence-electron chi connectivity index (χ2n) is 5.85. The van der Waals surface area contributed by atoms with E-state index in [1.54, 1.807) is 0 Å². The van der Waals surface area contributed by atoms with E-state index in [0.29, 0.717) is 22.6 Å². The molecule has 22 heavy (non-hydrogen) atoms. The molecule has 2 aromatic heterocycles. The minimum atomic E-state index is -0.198. The van der Waals surface area contributed by atoms with Crippen LogP contribution < -0.4 is 10.9 Å². The predicted octanol–water partition coefficient (Wildman–Crippen LogP) is 2.97. The van der Waals surface area contributed by atoms with Gasteiger partial charge < -0.3 is 14.7 Å². The Morgan fingerprint density at radius 3 is 3.14 bits per heavy atom. The summed E-state index contributed by atoms with van der Waals surface area (Å²) in [5.74, 6) is 1.27. The molecule has 0 amide bonds. The Morgan fingerprint density at radius 2 is 2.32 bits per heavy atom. The van der Waals surface area contributed by atoms with Gasteiger partial charge in [0.15, 0.2) is 0 Å². The summed E-state index contributed by atoms with van der Waals surface area (Å²) in [6.07, 6.45) is 3.14. The molecule has 114 valence electrons. The molecule has 0 aliphatic carbocycles. The maximum Gasteiger partial charge on any atom is 0.294 e. The van der Waals surface area contributed by atoms with Gasteiger partial charge >= 0.3 is 0 Å². The van der Waals surface area contributed by atoms with E-state index in [9.17, 15) is 4.79 Å². The highest BCUT2D eigenvalue weighted by Crippen LogP contribution is 2.28. The first kappa shape index (κ1) is 14.0. The zero-order valence-electron chi connectivity index (χ0n) is 12.0. The Balaban J connectivity index is 1.81. The van der Waals surface area contributed by atoms with Crippen LogP contribution >= 0.6 is 15.9 Å². The minimum Gasteiger partial charge on any atom is -0.449 e. The van der Waals surface area contributed by atoms with Gasteiger partial charge in [0.1, 0.15) is 16.9 Å². The number of halogens is 1. The summed E-state index contributed by atoms with van der Waals surface area (Å²) in [5, 5.41) is 4.27. The van der Waals surface area contributed by atoms with Crippen LogP contribution in [0.25, 0.3) is 22.1 Å². The molecule has 0 radical (unpaired) electrons. The zero-order chi connectivity index (χ0) is 15.1. The van der Waals surface area contributed by atoms with Crippen LogP contribution in [0.4, 0.5) is 0 Å². The third kappa shape index (κ3) is 2.46. The number of hydrogen-bond acceptors (Lipinski definition) is 4. The van der Waals surface area contributed by atoms with Crippen LogP contribution in [-0.2, 0) is 6.42 Å². The van der Waals surface area contributed by atoms with E-state index in [1.165, 1.54) is 12.8 Å². The van der Waals surface area contributed by atoms with Crippen molar-refractivity contribution >= 4 is 38.0 Å². The third-order valence-electron chi connectivity index (χ3n) is 4.22. The summed E-state index contributed by atoms with van der Waals surface area (Å²) in [4.78, 5) is 19.8. The lowest BCUT2D eigenvalue weighted by Crippen LogP contribution is -2.31. The highest BCUT2D eigenvalue weighted by molar-refractivity contribution is 9.10. The van der Waals surface area contributed by atoms with E-state index in [2.05, 4.69) is 31.2 Å². The molecule has 4 rings (SSSR count). The molecule has 3 heterocycles. The lowest BCUT2D eigenvalue weighted by Gasteiger charge is -2.21. The fraction of sp³-hybridized carbons (Fsp3) is 0.375. The fourth-order valence-corrected chi connectivity index (χ4v) is 3.50. The van der Waals surface area contributed by atoms with Crippen LogP contribution in [0, 0.1) is 5.92 Å². The molecule has 1 aromatic carbocycles. The van der Waals surface area contributed by atoms with Crippen molar-refractivity contribution in [2.75, 3.05) is 13.1 Å². The van der Waals surface area contributed by atoms with E-state index in [4.69, 9.17) is 4.42 Å². The summed E-state index contributed by atoms with van der Waals surface area (Å²) >= 11 is 3.46. The number of aromatic nitrogens is 2. The zero-order valence-corrected chi connectivity index (χ0v) is 13.6. The standard InChI is InChI=1S/C16H16BrN3O2/c17-10-3-4-12-11(7-10)14-15(22-12)16(21)20-13(19-14)6-9-2-1-5-18-8-9/h3-4,7,9,18H,1-2,5-6,8H2,(H,19,20,21). The number of nitrogens with one attached hydrogen (secondary N) is 2. The van der Waals surface area contributed by atoms with Crippen molar-refractivity contribution < 1.29 is 4.42 Å². The largest absolute Gasteiger partial charge is 0.449 e. The lowest BCUT2D eigenvalue weighted by atomic mass is 9.96. The second kappa shape index (κ2) is 5.52. The van der Waals surface area contributed by atoms with Crippen molar-refractivity contribution in [1.29, 1.82) is 0 Å². The van der Waals surface area contributed by atoms with Gasteiger partial charge in [-0.2, -0.15) is 0 Å². The summed E-state index contributed by atoms with van der Waals surface area (Å²) in [7, 11) is 0. The molecule has 1 aliphatic rings. The van der Waals surface area contributed by atoms with Gasteiger partial charge in [-0.25, -0.2) is 4.98 Å². The highest BCUT2D eigenvalue weighted by Gasteiger charge is 2.18. The Bertz CT molecular complexity index is 893. The summed E-state index contributed by atoms with van der Waals surface area (Å²) in [6, 6.07) is 5.69. The van der Waals surface area contributed by atoms with E-state index in [1.807, 2.05) is 18.2 Å². The molecule has 3 aromatic rings. The van der Waals surface area contributed by atoms with Crippen LogP contribution in [0.1, 0.15) is 18.7 Å². The molecule has 1 fully saturated rings. The number of hydrogen-bond donors (Lipinski definition) is 2. The molecule has 5 nitrogen and oxygen atoms in total. The van der Waals surface area contributed by atoms with Crippen molar-refractivity contribution in [2.24, 2.45) is 5.92 Å². The van der Waals surface area contributed by atoms with Gasteiger partial charge in [-0.1, -0.05) is 15.9 Å². The van der Waals surface area contributed by atoms with Crippen LogP contribution in [-0.4, -0.2) is 23.1 Å². The first-order valence-corrected chi connectivity index (χ1v) is 8.32. The van der Waals surface area contributed by atoms with Crippen molar-refractivity contribution in [2.45, 2.75) is 19.3 Å². The first-order chi connectivity index (χ1) is 10.7. The molecule has 0 saturated carbocycles. The average molecular weight is 362 g/mol. The number of nitrogens with zero attached hydrogens (tertiary/aromatic N) is 1. The van der Waals surface area contributed by atoms with Crippen LogP contribution in [0.3, 0.4) is 0 Å². The van der Waals surface area contributed by atoms with Crippen molar-refractivity contribution in [3.05, 3.63) is 38.9 Å². The topological polar surface area (TPSA) is 70.9 Å². The fourth-order valence-electron chi connectivity index (χ4n) is 3.14.